The van der Waals surface area contributed by atoms with Gasteiger partial charge in [-0.2, -0.15) is 0 Å². The van der Waals surface area contributed by atoms with E-state index in [1.54, 1.807) is 7.11 Å². The second-order valence-electron chi connectivity index (χ2n) is 4.90. The molecule has 1 amide bonds. The molecule has 0 aliphatic heterocycles. The minimum Gasteiger partial charge on any atom is -0.495 e. The maximum atomic E-state index is 12.2. The Hall–Kier alpha value is -2.46. The predicted octanol–water partition coefficient (Wildman–Crippen LogP) is 3.94. The van der Waals surface area contributed by atoms with Crippen molar-refractivity contribution in [1.82, 2.24) is 4.57 Å². The Kier molecular flexibility index (Phi) is 4.02. The van der Waals surface area contributed by atoms with Gasteiger partial charge >= 0.3 is 0 Å². The van der Waals surface area contributed by atoms with Crippen LogP contribution in [0, 0.1) is 0 Å². The number of amides is 1. The van der Waals surface area contributed by atoms with Crippen LogP contribution in [-0.2, 0) is 11.3 Å². The summed E-state index contributed by atoms with van der Waals surface area (Å²) in [4.78, 5) is 12.2. The third-order valence-electron chi connectivity index (χ3n) is 3.43. The number of para-hydroxylation sites is 2. The van der Waals surface area contributed by atoms with Gasteiger partial charge in [0.05, 0.1) is 12.8 Å². The second kappa shape index (κ2) is 6.12. The Morgan fingerprint density at radius 2 is 2.05 bits per heavy atom. The Balaban J connectivity index is 1.78. The lowest BCUT2D eigenvalue weighted by molar-refractivity contribution is -0.116. The van der Waals surface area contributed by atoms with Gasteiger partial charge in [0.15, 0.2) is 0 Å². The van der Waals surface area contributed by atoms with Crippen molar-refractivity contribution in [3.8, 4) is 5.75 Å². The van der Waals surface area contributed by atoms with Crippen molar-refractivity contribution < 1.29 is 9.53 Å². The molecular formula is C17H15ClN2O2. The molecule has 0 aliphatic rings. The molecule has 112 valence electrons. The van der Waals surface area contributed by atoms with Crippen molar-refractivity contribution in [3.63, 3.8) is 0 Å². The van der Waals surface area contributed by atoms with Crippen LogP contribution in [0.25, 0.3) is 10.9 Å². The zero-order chi connectivity index (χ0) is 15.5. The number of nitrogens with one attached hydrogen (secondary N) is 1. The van der Waals surface area contributed by atoms with Crippen molar-refractivity contribution in [2.75, 3.05) is 12.4 Å². The van der Waals surface area contributed by atoms with Crippen LogP contribution in [0.1, 0.15) is 0 Å². The molecule has 0 atom stereocenters. The van der Waals surface area contributed by atoms with Crippen LogP contribution in [-0.4, -0.2) is 17.6 Å². The van der Waals surface area contributed by atoms with Crippen molar-refractivity contribution in [3.05, 3.63) is 59.8 Å². The van der Waals surface area contributed by atoms with E-state index in [0.717, 1.165) is 10.9 Å². The molecule has 2 aromatic carbocycles. The van der Waals surface area contributed by atoms with Gasteiger partial charge in [0.2, 0.25) is 5.91 Å². The number of fused-ring (bicyclic) bond motifs is 1. The molecule has 1 aromatic heterocycles. The van der Waals surface area contributed by atoms with Gasteiger partial charge in [-0.3, -0.25) is 4.79 Å². The molecule has 0 spiro atoms. The van der Waals surface area contributed by atoms with Crippen LogP contribution in [0.15, 0.2) is 54.7 Å². The van der Waals surface area contributed by atoms with Crippen molar-refractivity contribution in [2.24, 2.45) is 0 Å². The number of benzene rings is 2. The van der Waals surface area contributed by atoms with E-state index in [0.29, 0.717) is 16.5 Å². The van der Waals surface area contributed by atoms with Gasteiger partial charge in [-0.15, -0.1) is 0 Å². The third-order valence-corrected chi connectivity index (χ3v) is 3.66. The fourth-order valence-corrected chi connectivity index (χ4v) is 2.58. The number of aromatic nitrogens is 1. The number of hydrogen-bond donors (Lipinski definition) is 1. The number of halogens is 1. The number of methoxy groups -OCH3 is 1. The third kappa shape index (κ3) is 2.92. The van der Waals surface area contributed by atoms with E-state index in [2.05, 4.69) is 5.32 Å². The van der Waals surface area contributed by atoms with Gasteiger partial charge in [-0.25, -0.2) is 0 Å². The molecule has 0 radical (unpaired) electrons. The Labute approximate surface area is 133 Å². The minimum atomic E-state index is -0.114. The number of anilines is 1. The smallest absolute Gasteiger partial charge is 0.244 e. The van der Waals surface area contributed by atoms with E-state index in [-0.39, 0.29) is 12.5 Å². The topological polar surface area (TPSA) is 43.3 Å². The van der Waals surface area contributed by atoms with Gasteiger partial charge in [0.1, 0.15) is 12.3 Å². The first-order valence-corrected chi connectivity index (χ1v) is 7.22. The summed E-state index contributed by atoms with van der Waals surface area (Å²) in [5, 5.41) is 4.56. The zero-order valence-corrected chi connectivity index (χ0v) is 12.8. The average molecular weight is 315 g/mol. The Morgan fingerprint density at radius 1 is 1.23 bits per heavy atom. The molecule has 0 unspecified atom stereocenters. The lowest BCUT2D eigenvalue weighted by atomic mass is 10.2. The monoisotopic (exact) mass is 314 g/mol. The van der Waals surface area contributed by atoms with E-state index < -0.39 is 0 Å². The number of carbonyl (C=O) groups is 1. The highest BCUT2D eigenvalue weighted by molar-refractivity contribution is 6.31. The van der Waals surface area contributed by atoms with Gasteiger partial charge in [-0.05, 0) is 36.4 Å². The molecular weight excluding hydrogens is 300 g/mol. The SMILES string of the molecule is COc1ccccc1NC(=O)Cn1ccc2cc(Cl)ccc21. The first-order chi connectivity index (χ1) is 10.7. The highest BCUT2D eigenvalue weighted by Crippen LogP contribution is 2.24. The van der Waals surface area contributed by atoms with E-state index in [9.17, 15) is 4.79 Å². The molecule has 5 heteroatoms. The fraction of sp³-hybridized carbons (Fsp3) is 0.118. The lowest BCUT2D eigenvalue weighted by Crippen LogP contribution is -2.18. The van der Waals surface area contributed by atoms with E-state index in [1.165, 1.54) is 0 Å². The summed E-state index contributed by atoms with van der Waals surface area (Å²) >= 11 is 5.97. The molecule has 3 rings (SSSR count). The highest BCUT2D eigenvalue weighted by atomic mass is 35.5. The van der Waals surface area contributed by atoms with Crippen LogP contribution < -0.4 is 10.1 Å². The summed E-state index contributed by atoms with van der Waals surface area (Å²) in [6.07, 6.45) is 1.88. The van der Waals surface area contributed by atoms with Crippen LogP contribution in [0.2, 0.25) is 5.02 Å². The second-order valence-corrected chi connectivity index (χ2v) is 5.33. The van der Waals surface area contributed by atoms with Crippen LogP contribution in [0.5, 0.6) is 5.75 Å². The first kappa shape index (κ1) is 14.5. The number of hydrogen-bond acceptors (Lipinski definition) is 2. The Bertz CT molecular complexity index is 826. The molecule has 4 nitrogen and oxygen atoms in total. The number of carbonyl (C=O) groups excluding carboxylic acids is 1. The van der Waals surface area contributed by atoms with Crippen molar-refractivity contribution in [2.45, 2.75) is 6.54 Å². The summed E-state index contributed by atoms with van der Waals surface area (Å²) in [7, 11) is 1.58. The summed E-state index contributed by atoms with van der Waals surface area (Å²) in [5.74, 6) is 0.525. The lowest BCUT2D eigenvalue weighted by Gasteiger charge is -2.10. The van der Waals surface area contributed by atoms with Gasteiger partial charge in [0.25, 0.3) is 0 Å². The standard InChI is InChI=1S/C17H15ClN2O2/c1-22-16-5-3-2-4-14(16)19-17(21)11-20-9-8-12-10-13(18)6-7-15(12)20/h2-10H,11H2,1H3,(H,19,21). The van der Waals surface area contributed by atoms with E-state index in [1.807, 2.05) is 59.3 Å². The number of nitrogens with zero attached hydrogens (tertiary/aromatic N) is 1. The average Bonchev–Trinajstić information content (AvgIpc) is 2.89. The van der Waals surface area contributed by atoms with Gasteiger partial charge in [0, 0.05) is 22.1 Å². The fourth-order valence-electron chi connectivity index (χ4n) is 2.40. The van der Waals surface area contributed by atoms with Crippen molar-refractivity contribution >= 4 is 34.1 Å². The molecule has 3 aromatic rings. The van der Waals surface area contributed by atoms with Crippen LogP contribution in [0.3, 0.4) is 0 Å². The van der Waals surface area contributed by atoms with E-state index >= 15 is 0 Å². The molecule has 1 heterocycles. The van der Waals surface area contributed by atoms with Crippen molar-refractivity contribution in [1.29, 1.82) is 0 Å². The largest absolute Gasteiger partial charge is 0.495 e. The molecule has 0 aliphatic carbocycles. The van der Waals surface area contributed by atoms with Gasteiger partial charge in [-0.1, -0.05) is 23.7 Å². The van der Waals surface area contributed by atoms with Crippen LogP contribution in [0.4, 0.5) is 5.69 Å². The predicted molar refractivity (Wildman–Crippen MR) is 88.6 cm³/mol. The minimum absolute atomic E-state index is 0.114. The normalized spacial score (nSPS) is 10.6. The Morgan fingerprint density at radius 3 is 2.86 bits per heavy atom. The molecule has 1 N–H and O–H groups in total. The maximum Gasteiger partial charge on any atom is 0.244 e. The summed E-state index contributed by atoms with van der Waals surface area (Å²) in [6.45, 7) is 0.225. The molecule has 0 saturated heterocycles. The van der Waals surface area contributed by atoms with Crippen LogP contribution >= 0.6 is 11.6 Å². The molecule has 0 fully saturated rings. The number of ether oxygens (including phenoxy) is 1. The molecule has 22 heavy (non-hydrogen) atoms. The maximum absolute atomic E-state index is 12.2. The van der Waals surface area contributed by atoms with Gasteiger partial charge < -0.3 is 14.6 Å². The first-order valence-electron chi connectivity index (χ1n) is 6.84. The zero-order valence-electron chi connectivity index (χ0n) is 12.0. The molecule has 0 bridgehead atoms. The summed E-state index contributed by atoms with van der Waals surface area (Å²) < 4.78 is 7.11. The summed E-state index contributed by atoms with van der Waals surface area (Å²) in [5.41, 5.74) is 1.63. The summed E-state index contributed by atoms with van der Waals surface area (Å²) in [6, 6.07) is 14.9. The van der Waals surface area contributed by atoms with E-state index in [4.69, 9.17) is 16.3 Å². The highest BCUT2D eigenvalue weighted by Gasteiger charge is 2.09. The number of rotatable bonds is 4. The quantitative estimate of drug-likeness (QED) is 0.792. The molecule has 0 saturated carbocycles.